The molecule has 2 aliphatic rings. The van der Waals surface area contributed by atoms with Crippen molar-refractivity contribution in [1.82, 2.24) is 15.1 Å². The number of amides is 1. The molecule has 148 valence electrons. The van der Waals surface area contributed by atoms with E-state index in [1.807, 2.05) is 17.0 Å². The Hall–Kier alpha value is -0.810. The molecule has 4 nitrogen and oxygen atoms in total. The molecule has 1 aromatic carbocycles. The van der Waals surface area contributed by atoms with Gasteiger partial charge in [0.2, 0.25) is 0 Å². The lowest BCUT2D eigenvalue weighted by atomic mass is 9.96. The summed E-state index contributed by atoms with van der Waals surface area (Å²) in [7, 11) is 0. The van der Waals surface area contributed by atoms with Gasteiger partial charge in [-0.05, 0) is 75.5 Å². The number of carbonyl (C=O) groups excluding carboxylic acids is 1. The van der Waals surface area contributed by atoms with E-state index in [-0.39, 0.29) is 30.7 Å². The van der Waals surface area contributed by atoms with Crippen molar-refractivity contribution in [2.45, 2.75) is 39.2 Å². The first-order valence-electron chi connectivity index (χ1n) is 9.57. The largest absolute Gasteiger partial charge is 0.339 e. The fourth-order valence-corrected chi connectivity index (χ4v) is 3.87. The van der Waals surface area contributed by atoms with Crippen LogP contribution in [-0.2, 0) is 6.54 Å². The zero-order valence-electron chi connectivity index (χ0n) is 15.8. The summed E-state index contributed by atoms with van der Waals surface area (Å²) >= 11 is 0. The molecule has 1 N–H and O–H groups in total. The van der Waals surface area contributed by atoms with Crippen LogP contribution in [0.2, 0.25) is 0 Å². The number of hydrogen-bond donors (Lipinski definition) is 1. The summed E-state index contributed by atoms with van der Waals surface area (Å²) in [6, 6.07) is 8.26. The predicted octanol–water partition coefficient (Wildman–Crippen LogP) is 3.59. The minimum absolute atomic E-state index is 0. The molecular formula is C20H33Cl2N3O. The van der Waals surface area contributed by atoms with Crippen molar-refractivity contribution in [1.29, 1.82) is 0 Å². The van der Waals surface area contributed by atoms with Crippen LogP contribution in [-0.4, -0.2) is 55.0 Å². The second kappa shape index (κ2) is 11.8. The van der Waals surface area contributed by atoms with Crippen LogP contribution in [0.3, 0.4) is 0 Å². The van der Waals surface area contributed by atoms with Crippen LogP contribution in [0.25, 0.3) is 0 Å². The minimum atomic E-state index is 0. The highest BCUT2D eigenvalue weighted by Crippen LogP contribution is 2.20. The third kappa shape index (κ3) is 6.41. The van der Waals surface area contributed by atoms with Gasteiger partial charge in [0.1, 0.15) is 0 Å². The number of nitrogens with zero attached hydrogens (tertiary/aromatic N) is 2. The fraction of sp³-hybridized carbons (Fsp3) is 0.650. The van der Waals surface area contributed by atoms with Gasteiger partial charge in [0.15, 0.2) is 0 Å². The van der Waals surface area contributed by atoms with E-state index in [4.69, 9.17) is 0 Å². The lowest BCUT2D eigenvalue weighted by Crippen LogP contribution is -2.40. The molecule has 0 aromatic heterocycles. The molecule has 1 amide bonds. The van der Waals surface area contributed by atoms with Crippen LogP contribution >= 0.6 is 24.8 Å². The number of piperidine rings is 1. The number of rotatable bonds is 6. The van der Waals surface area contributed by atoms with Crippen LogP contribution in [0.5, 0.6) is 0 Å². The van der Waals surface area contributed by atoms with Gasteiger partial charge in [0, 0.05) is 25.2 Å². The SMILES string of the molecule is CCNCC1CCN(C(=O)c2cccc(CN3CCCC3)c2)CC1.Cl.Cl. The second-order valence-electron chi connectivity index (χ2n) is 7.23. The van der Waals surface area contributed by atoms with E-state index >= 15 is 0 Å². The summed E-state index contributed by atoms with van der Waals surface area (Å²) in [5.74, 6) is 0.927. The van der Waals surface area contributed by atoms with Gasteiger partial charge in [-0.2, -0.15) is 0 Å². The lowest BCUT2D eigenvalue weighted by Gasteiger charge is -2.32. The van der Waals surface area contributed by atoms with Crippen molar-refractivity contribution in [3.05, 3.63) is 35.4 Å². The Bertz CT molecular complexity index is 542. The summed E-state index contributed by atoms with van der Waals surface area (Å²) in [6.45, 7) is 9.41. The first kappa shape index (κ1) is 23.2. The molecular weight excluding hydrogens is 369 g/mol. The maximum atomic E-state index is 12.8. The van der Waals surface area contributed by atoms with Crippen molar-refractivity contribution in [2.75, 3.05) is 39.3 Å². The maximum absolute atomic E-state index is 12.8. The standard InChI is InChI=1S/C20H31N3O.2ClH/c1-2-21-15-17-8-12-23(13-9-17)20(24)19-7-5-6-18(14-19)16-22-10-3-4-11-22;;/h5-7,14,17,21H,2-4,8-13,15-16H2,1H3;2*1H. The molecule has 2 saturated heterocycles. The van der Waals surface area contributed by atoms with E-state index in [0.29, 0.717) is 0 Å². The molecule has 1 aromatic rings. The van der Waals surface area contributed by atoms with Crippen LogP contribution in [0.4, 0.5) is 0 Å². The highest BCUT2D eigenvalue weighted by atomic mass is 35.5. The average molecular weight is 402 g/mol. The zero-order valence-corrected chi connectivity index (χ0v) is 17.4. The van der Waals surface area contributed by atoms with E-state index in [9.17, 15) is 4.79 Å². The molecule has 0 radical (unpaired) electrons. The highest BCUT2D eigenvalue weighted by Gasteiger charge is 2.23. The predicted molar refractivity (Wildman–Crippen MR) is 113 cm³/mol. The summed E-state index contributed by atoms with van der Waals surface area (Å²) in [6.07, 6.45) is 4.85. The molecule has 0 aliphatic carbocycles. The summed E-state index contributed by atoms with van der Waals surface area (Å²) in [5.41, 5.74) is 2.13. The Balaban J connectivity index is 0.00000169. The quantitative estimate of drug-likeness (QED) is 0.790. The first-order valence-corrected chi connectivity index (χ1v) is 9.57. The zero-order chi connectivity index (χ0) is 16.8. The van der Waals surface area contributed by atoms with E-state index in [1.54, 1.807) is 0 Å². The molecule has 2 fully saturated rings. The van der Waals surface area contributed by atoms with Crippen molar-refractivity contribution in [2.24, 2.45) is 5.92 Å². The van der Waals surface area contributed by atoms with E-state index in [2.05, 4.69) is 29.3 Å². The first-order chi connectivity index (χ1) is 11.8. The van der Waals surface area contributed by atoms with Crippen molar-refractivity contribution < 1.29 is 4.79 Å². The topological polar surface area (TPSA) is 35.6 Å². The molecule has 0 unspecified atom stereocenters. The van der Waals surface area contributed by atoms with Crippen LogP contribution < -0.4 is 5.32 Å². The summed E-state index contributed by atoms with van der Waals surface area (Å²) in [4.78, 5) is 17.3. The van der Waals surface area contributed by atoms with Gasteiger partial charge >= 0.3 is 0 Å². The van der Waals surface area contributed by atoms with Crippen LogP contribution in [0.15, 0.2) is 24.3 Å². The molecule has 6 heteroatoms. The van der Waals surface area contributed by atoms with Gasteiger partial charge in [0.25, 0.3) is 5.91 Å². The molecule has 26 heavy (non-hydrogen) atoms. The number of benzene rings is 1. The van der Waals surface area contributed by atoms with Gasteiger partial charge in [-0.25, -0.2) is 0 Å². The van der Waals surface area contributed by atoms with Crippen LogP contribution in [0, 0.1) is 5.92 Å². The molecule has 2 aliphatic heterocycles. The monoisotopic (exact) mass is 401 g/mol. The number of nitrogens with one attached hydrogen (secondary N) is 1. The van der Waals surface area contributed by atoms with Gasteiger partial charge in [-0.3, -0.25) is 9.69 Å². The number of likely N-dealkylation sites (tertiary alicyclic amines) is 2. The van der Waals surface area contributed by atoms with Crippen molar-refractivity contribution in [3.63, 3.8) is 0 Å². The summed E-state index contributed by atoms with van der Waals surface area (Å²) < 4.78 is 0. The molecule has 0 bridgehead atoms. The average Bonchev–Trinajstić information content (AvgIpc) is 3.13. The van der Waals surface area contributed by atoms with Gasteiger partial charge < -0.3 is 10.2 Å². The maximum Gasteiger partial charge on any atom is 0.253 e. The smallest absolute Gasteiger partial charge is 0.253 e. The summed E-state index contributed by atoms with van der Waals surface area (Å²) in [5, 5.41) is 3.43. The third-order valence-corrected chi connectivity index (χ3v) is 5.36. The van der Waals surface area contributed by atoms with E-state index in [0.717, 1.165) is 57.0 Å². The molecule has 3 rings (SSSR count). The van der Waals surface area contributed by atoms with E-state index in [1.165, 1.54) is 31.5 Å². The molecule has 0 saturated carbocycles. The minimum Gasteiger partial charge on any atom is -0.339 e. The highest BCUT2D eigenvalue weighted by molar-refractivity contribution is 5.94. The Morgan fingerprint density at radius 1 is 1.12 bits per heavy atom. The molecule has 2 heterocycles. The Morgan fingerprint density at radius 2 is 1.81 bits per heavy atom. The molecule has 0 atom stereocenters. The molecule has 0 spiro atoms. The van der Waals surface area contributed by atoms with Gasteiger partial charge in [-0.15, -0.1) is 24.8 Å². The number of halogens is 2. The fourth-order valence-electron chi connectivity index (χ4n) is 3.87. The second-order valence-corrected chi connectivity index (χ2v) is 7.23. The third-order valence-electron chi connectivity index (χ3n) is 5.36. The van der Waals surface area contributed by atoms with Gasteiger partial charge in [-0.1, -0.05) is 19.1 Å². The number of hydrogen-bond acceptors (Lipinski definition) is 3. The Labute approximate surface area is 170 Å². The van der Waals surface area contributed by atoms with Crippen LogP contribution in [0.1, 0.15) is 48.5 Å². The van der Waals surface area contributed by atoms with E-state index < -0.39 is 0 Å². The number of carbonyl (C=O) groups is 1. The Kier molecular flexibility index (Phi) is 10.6. The van der Waals surface area contributed by atoms with Crippen molar-refractivity contribution in [3.8, 4) is 0 Å². The van der Waals surface area contributed by atoms with Gasteiger partial charge in [0.05, 0.1) is 0 Å². The Morgan fingerprint density at radius 3 is 2.46 bits per heavy atom. The normalized spacial score (nSPS) is 18.3. The lowest BCUT2D eigenvalue weighted by molar-refractivity contribution is 0.0690. The van der Waals surface area contributed by atoms with Crippen molar-refractivity contribution >= 4 is 30.7 Å².